The van der Waals surface area contributed by atoms with Gasteiger partial charge in [-0.2, -0.15) is 0 Å². The average molecular weight is 529 g/mol. The first-order valence-electron chi connectivity index (χ1n) is 13.0. The summed E-state index contributed by atoms with van der Waals surface area (Å²) in [7, 11) is 5.02. The molecule has 0 atom stereocenters. The lowest BCUT2D eigenvalue weighted by atomic mass is 10.1. The third kappa shape index (κ3) is 6.45. The zero-order valence-corrected chi connectivity index (χ0v) is 22.9. The summed E-state index contributed by atoms with van der Waals surface area (Å²) in [6, 6.07) is 40.9. The van der Waals surface area contributed by atoms with Gasteiger partial charge in [0.1, 0.15) is 17.2 Å². The van der Waals surface area contributed by atoms with Crippen LogP contribution in [0.4, 0.5) is 28.4 Å². The highest BCUT2D eigenvalue weighted by Gasteiger charge is 2.13. The summed E-state index contributed by atoms with van der Waals surface area (Å²) in [5, 5.41) is 3.41. The van der Waals surface area contributed by atoms with E-state index in [1.165, 1.54) is 0 Å². The molecule has 5 aromatic rings. The molecule has 0 aliphatic carbocycles. The van der Waals surface area contributed by atoms with E-state index in [9.17, 15) is 0 Å². The van der Waals surface area contributed by atoms with Gasteiger partial charge in [-0.25, -0.2) is 0 Å². The van der Waals surface area contributed by atoms with Gasteiger partial charge < -0.3 is 24.4 Å². The predicted molar refractivity (Wildman–Crippen MR) is 166 cm³/mol. The van der Waals surface area contributed by atoms with E-state index in [1.54, 1.807) is 21.3 Å². The molecule has 0 heterocycles. The summed E-state index contributed by atoms with van der Waals surface area (Å²) in [6.07, 6.45) is 4.25. The zero-order valence-electron chi connectivity index (χ0n) is 22.9. The van der Waals surface area contributed by atoms with Crippen molar-refractivity contribution in [1.82, 2.24) is 0 Å². The van der Waals surface area contributed by atoms with Gasteiger partial charge in [0.05, 0.1) is 21.3 Å². The van der Waals surface area contributed by atoms with E-state index >= 15 is 0 Å². The minimum atomic E-state index is 0.823. The smallest absolute Gasteiger partial charge is 0.119 e. The quantitative estimate of drug-likeness (QED) is 0.183. The normalized spacial score (nSPS) is 10.8. The Morgan fingerprint density at radius 3 is 1.10 bits per heavy atom. The average Bonchev–Trinajstić information content (AvgIpc) is 3.02. The molecule has 40 heavy (non-hydrogen) atoms. The summed E-state index contributed by atoms with van der Waals surface area (Å²) >= 11 is 0. The van der Waals surface area contributed by atoms with Crippen molar-refractivity contribution in [1.29, 1.82) is 0 Å². The van der Waals surface area contributed by atoms with Crippen LogP contribution < -0.4 is 24.4 Å². The van der Waals surface area contributed by atoms with Crippen LogP contribution in [0.15, 0.2) is 121 Å². The van der Waals surface area contributed by atoms with Gasteiger partial charge >= 0.3 is 0 Å². The molecule has 0 bridgehead atoms. The van der Waals surface area contributed by atoms with Crippen LogP contribution in [0.2, 0.25) is 0 Å². The van der Waals surface area contributed by atoms with Gasteiger partial charge in [-0.1, -0.05) is 36.4 Å². The molecule has 0 unspecified atom stereocenters. The van der Waals surface area contributed by atoms with E-state index in [1.807, 2.05) is 48.5 Å². The first-order valence-corrected chi connectivity index (χ1v) is 13.0. The summed E-state index contributed by atoms with van der Waals surface area (Å²) in [6.45, 7) is 0. The van der Waals surface area contributed by atoms with Gasteiger partial charge in [0, 0.05) is 28.4 Å². The highest BCUT2D eigenvalue weighted by molar-refractivity contribution is 5.78. The monoisotopic (exact) mass is 528 g/mol. The van der Waals surface area contributed by atoms with Crippen molar-refractivity contribution in [3.63, 3.8) is 0 Å². The standard InChI is InChI=1S/C35H32N2O3/c1-38-33-20-12-29(13-21-33)36-28-10-6-26(7-11-28)4-5-27-8-14-30(15-9-27)37(31-16-22-34(39-2)23-17-31)32-18-24-35(40-3)25-19-32/h4-25,36H,1-3H3/b5-4+. The molecule has 5 rings (SSSR count). The van der Waals surface area contributed by atoms with Crippen LogP contribution in [-0.2, 0) is 0 Å². The van der Waals surface area contributed by atoms with E-state index in [2.05, 4.69) is 95.2 Å². The van der Waals surface area contributed by atoms with E-state index in [-0.39, 0.29) is 0 Å². The summed E-state index contributed by atoms with van der Waals surface area (Å²) in [5.74, 6) is 2.49. The molecule has 5 heteroatoms. The van der Waals surface area contributed by atoms with Crippen LogP contribution in [0.5, 0.6) is 17.2 Å². The van der Waals surface area contributed by atoms with Gasteiger partial charge in [-0.05, 0) is 108 Å². The Morgan fingerprint density at radius 1 is 0.425 bits per heavy atom. The van der Waals surface area contributed by atoms with Crippen molar-refractivity contribution >= 4 is 40.6 Å². The molecular formula is C35H32N2O3. The molecule has 0 aromatic heterocycles. The lowest BCUT2D eigenvalue weighted by Crippen LogP contribution is -2.09. The van der Waals surface area contributed by atoms with Gasteiger partial charge in [0.25, 0.3) is 0 Å². The van der Waals surface area contributed by atoms with E-state index in [0.29, 0.717) is 0 Å². The van der Waals surface area contributed by atoms with Gasteiger partial charge in [-0.15, -0.1) is 0 Å². The topological polar surface area (TPSA) is 43.0 Å². The number of anilines is 5. The molecular weight excluding hydrogens is 496 g/mol. The second-order valence-corrected chi connectivity index (χ2v) is 9.13. The van der Waals surface area contributed by atoms with Crippen molar-refractivity contribution < 1.29 is 14.2 Å². The second kappa shape index (κ2) is 12.6. The van der Waals surface area contributed by atoms with E-state index in [0.717, 1.165) is 56.8 Å². The van der Waals surface area contributed by atoms with Crippen LogP contribution in [0, 0.1) is 0 Å². The number of nitrogens with zero attached hydrogens (tertiary/aromatic N) is 1. The highest BCUT2D eigenvalue weighted by atomic mass is 16.5. The number of ether oxygens (including phenoxy) is 3. The Balaban J connectivity index is 1.31. The Kier molecular flexibility index (Phi) is 8.32. The fourth-order valence-electron chi connectivity index (χ4n) is 4.36. The molecule has 0 spiro atoms. The minimum Gasteiger partial charge on any atom is -0.497 e. The van der Waals surface area contributed by atoms with Gasteiger partial charge in [0.15, 0.2) is 0 Å². The first kappa shape index (κ1) is 26.4. The largest absolute Gasteiger partial charge is 0.497 e. The molecule has 1 N–H and O–H groups in total. The van der Waals surface area contributed by atoms with Crippen molar-refractivity contribution in [2.45, 2.75) is 0 Å². The van der Waals surface area contributed by atoms with Crippen LogP contribution in [0.3, 0.4) is 0 Å². The maximum absolute atomic E-state index is 5.36. The fraction of sp³-hybridized carbons (Fsp3) is 0.0857. The predicted octanol–water partition coefficient (Wildman–Crippen LogP) is 9.10. The SMILES string of the molecule is COc1ccc(Nc2ccc(/C=C/c3ccc(N(c4ccc(OC)cc4)c4ccc(OC)cc4)cc3)cc2)cc1. The van der Waals surface area contributed by atoms with Crippen LogP contribution in [-0.4, -0.2) is 21.3 Å². The van der Waals surface area contributed by atoms with Crippen molar-refractivity contribution in [3.05, 3.63) is 132 Å². The molecule has 0 radical (unpaired) electrons. The van der Waals surface area contributed by atoms with Crippen LogP contribution >= 0.6 is 0 Å². The summed E-state index contributed by atoms with van der Waals surface area (Å²) in [4.78, 5) is 2.21. The lowest BCUT2D eigenvalue weighted by molar-refractivity contribution is 0.414. The fourth-order valence-corrected chi connectivity index (χ4v) is 4.36. The lowest BCUT2D eigenvalue weighted by Gasteiger charge is -2.26. The third-order valence-corrected chi connectivity index (χ3v) is 6.57. The molecule has 5 nitrogen and oxygen atoms in total. The molecule has 0 saturated carbocycles. The van der Waals surface area contributed by atoms with Gasteiger partial charge in [0.2, 0.25) is 0 Å². The molecule has 0 amide bonds. The van der Waals surface area contributed by atoms with Crippen LogP contribution in [0.1, 0.15) is 11.1 Å². The number of rotatable bonds is 10. The van der Waals surface area contributed by atoms with Crippen LogP contribution in [0.25, 0.3) is 12.2 Å². The Morgan fingerprint density at radius 2 is 0.725 bits per heavy atom. The molecule has 0 saturated heterocycles. The van der Waals surface area contributed by atoms with Crippen molar-refractivity contribution in [3.8, 4) is 17.2 Å². The number of hydrogen-bond acceptors (Lipinski definition) is 5. The first-order chi connectivity index (χ1) is 19.6. The number of hydrogen-bond donors (Lipinski definition) is 1. The Labute approximate surface area is 235 Å². The molecule has 0 aliphatic rings. The second-order valence-electron chi connectivity index (χ2n) is 9.13. The molecule has 0 fully saturated rings. The van der Waals surface area contributed by atoms with E-state index in [4.69, 9.17) is 14.2 Å². The number of methoxy groups -OCH3 is 3. The Bertz CT molecular complexity index is 1480. The van der Waals surface area contributed by atoms with E-state index < -0.39 is 0 Å². The molecule has 0 aliphatic heterocycles. The maximum atomic E-state index is 5.36. The molecule has 200 valence electrons. The Hall–Kier alpha value is -5.16. The number of benzene rings is 5. The maximum Gasteiger partial charge on any atom is 0.119 e. The highest BCUT2D eigenvalue weighted by Crippen LogP contribution is 2.36. The molecule has 5 aromatic carbocycles. The summed E-state index contributed by atoms with van der Waals surface area (Å²) in [5.41, 5.74) is 7.43. The van der Waals surface area contributed by atoms with Gasteiger partial charge in [-0.3, -0.25) is 0 Å². The van der Waals surface area contributed by atoms with Crippen molar-refractivity contribution in [2.24, 2.45) is 0 Å². The third-order valence-electron chi connectivity index (χ3n) is 6.57. The zero-order chi connectivity index (χ0) is 27.7. The van der Waals surface area contributed by atoms with Crippen molar-refractivity contribution in [2.75, 3.05) is 31.5 Å². The number of nitrogens with one attached hydrogen (secondary N) is 1. The summed E-state index contributed by atoms with van der Waals surface area (Å²) < 4.78 is 15.9. The minimum absolute atomic E-state index is 0.823.